The van der Waals surface area contributed by atoms with Crippen LogP contribution in [0.4, 0.5) is 0 Å². The van der Waals surface area contributed by atoms with Crippen molar-refractivity contribution in [2.24, 2.45) is 0 Å². The van der Waals surface area contributed by atoms with E-state index in [0.717, 1.165) is 23.3 Å². The van der Waals surface area contributed by atoms with Gasteiger partial charge in [-0.25, -0.2) is 0 Å². The lowest BCUT2D eigenvalue weighted by Gasteiger charge is -2.23. The molecule has 2 N–H and O–H groups in total. The smallest absolute Gasteiger partial charge is 0.0664 e. The Morgan fingerprint density at radius 1 is 1.83 bits per heavy atom. The largest absolute Gasteiger partial charge is 0.395 e. The van der Waals surface area contributed by atoms with Gasteiger partial charge in [-0.05, 0) is 15.9 Å². The lowest BCUT2D eigenvalue weighted by Crippen LogP contribution is -2.41. The van der Waals surface area contributed by atoms with Crippen molar-refractivity contribution in [3.63, 3.8) is 0 Å². The first kappa shape index (κ1) is 8.22. The standard InChI is InChI=1S/C7H10BrN3O/c8-6-1-10-11-3-5(4-12)9-2-7(6)11/h1,5,9,12H,2-4H2. The summed E-state index contributed by atoms with van der Waals surface area (Å²) in [5.74, 6) is 0. The second kappa shape index (κ2) is 3.16. The first-order valence-electron chi connectivity index (χ1n) is 3.85. The van der Waals surface area contributed by atoms with Gasteiger partial charge in [-0.1, -0.05) is 0 Å². The molecule has 2 heterocycles. The fourth-order valence-corrected chi connectivity index (χ4v) is 1.79. The SMILES string of the molecule is OCC1Cn2ncc(Br)c2CN1. The molecule has 0 spiro atoms. The van der Waals surface area contributed by atoms with Gasteiger partial charge >= 0.3 is 0 Å². The van der Waals surface area contributed by atoms with Crippen molar-refractivity contribution < 1.29 is 5.11 Å². The van der Waals surface area contributed by atoms with Crippen LogP contribution in [0, 0.1) is 0 Å². The summed E-state index contributed by atoms with van der Waals surface area (Å²) in [7, 11) is 0. The van der Waals surface area contributed by atoms with E-state index in [4.69, 9.17) is 5.11 Å². The Morgan fingerprint density at radius 2 is 2.67 bits per heavy atom. The van der Waals surface area contributed by atoms with Crippen LogP contribution in [0.5, 0.6) is 0 Å². The summed E-state index contributed by atoms with van der Waals surface area (Å²) in [5.41, 5.74) is 1.15. The molecule has 5 heteroatoms. The maximum absolute atomic E-state index is 8.91. The van der Waals surface area contributed by atoms with Crippen LogP contribution in [0.15, 0.2) is 10.7 Å². The van der Waals surface area contributed by atoms with Crippen LogP contribution in [-0.4, -0.2) is 27.5 Å². The topological polar surface area (TPSA) is 50.1 Å². The number of aliphatic hydroxyl groups excluding tert-OH is 1. The van der Waals surface area contributed by atoms with E-state index in [0.29, 0.717) is 0 Å². The summed E-state index contributed by atoms with van der Waals surface area (Å²) in [6.45, 7) is 1.68. The molecule has 0 fully saturated rings. The van der Waals surface area contributed by atoms with Gasteiger partial charge in [0.05, 0.1) is 35.6 Å². The second-order valence-corrected chi connectivity index (χ2v) is 3.74. The normalized spacial score (nSPS) is 22.3. The minimum Gasteiger partial charge on any atom is -0.395 e. The number of nitrogens with zero attached hydrogens (tertiary/aromatic N) is 2. The van der Waals surface area contributed by atoms with E-state index in [1.165, 1.54) is 0 Å². The molecular weight excluding hydrogens is 222 g/mol. The highest BCUT2D eigenvalue weighted by molar-refractivity contribution is 9.10. The van der Waals surface area contributed by atoms with Crippen LogP contribution in [0.1, 0.15) is 5.69 Å². The molecule has 12 heavy (non-hydrogen) atoms. The van der Waals surface area contributed by atoms with Crippen molar-refractivity contribution in [2.75, 3.05) is 6.61 Å². The average Bonchev–Trinajstić information content (AvgIpc) is 2.47. The highest BCUT2D eigenvalue weighted by Crippen LogP contribution is 2.18. The summed E-state index contributed by atoms with van der Waals surface area (Å²) < 4.78 is 2.95. The molecule has 1 aromatic heterocycles. The zero-order valence-electron chi connectivity index (χ0n) is 6.50. The number of aliphatic hydroxyl groups is 1. The molecule has 0 saturated carbocycles. The van der Waals surface area contributed by atoms with E-state index in [-0.39, 0.29) is 12.6 Å². The van der Waals surface area contributed by atoms with Crippen molar-refractivity contribution in [1.82, 2.24) is 15.1 Å². The highest BCUT2D eigenvalue weighted by Gasteiger charge is 2.19. The second-order valence-electron chi connectivity index (χ2n) is 2.88. The van der Waals surface area contributed by atoms with Gasteiger partial charge < -0.3 is 10.4 Å². The van der Waals surface area contributed by atoms with Gasteiger partial charge in [0.25, 0.3) is 0 Å². The lowest BCUT2D eigenvalue weighted by atomic mass is 10.2. The molecule has 0 radical (unpaired) electrons. The lowest BCUT2D eigenvalue weighted by molar-refractivity contribution is 0.210. The number of rotatable bonds is 1. The van der Waals surface area contributed by atoms with E-state index < -0.39 is 0 Å². The minimum absolute atomic E-state index is 0.143. The van der Waals surface area contributed by atoms with Gasteiger partial charge in [0.1, 0.15) is 0 Å². The molecule has 1 aromatic rings. The molecular formula is C7H10BrN3O. The van der Waals surface area contributed by atoms with Crippen LogP contribution in [-0.2, 0) is 13.1 Å². The Kier molecular flexibility index (Phi) is 2.16. The van der Waals surface area contributed by atoms with E-state index in [2.05, 4.69) is 26.3 Å². The molecule has 0 bridgehead atoms. The first-order chi connectivity index (χ1) is 5.81. The molecule has 4 nitrogen and oxygen atoms in total. The molecule has 0 aliphatic carbocycles. The number of hydrogen-bond acceptors (Lipinski definition) is 3. The Hall–Kier alpha value is -0.390. The number of halogens is 1. The molecule has 0 saturated heterocycles. The monoisotopic (exact) mass is 231 g/mol. The summed E-state index contributed by atoms with van der Waals surface area (Å²) >= 11 is 3.41. The molecule has 0 amide bonds. The van der Waals surface area contributed by atoms with E-state index in [1.807, 2.05) is 4.68 Å². The zero-order valence-corrected chi connectivity index (χ0v) is 8.08. The number of hydrogen-bond donors (Lipinski definition) is 2. The zero-order chi connectivity index (χ0) is 8.55. The van der Waals surface area contributed by atoms with Gasteiger partial charge in [0.2, 0.25) is 0 Å². The third kappa shape index (κ3) is 1.28. The van der Waals surface area contributed by atoms with Gasteiger partial charge in [0.15, 0.2) is 0 Å². The van der Waals surface area contributed by atoms with Crippen LogP contribution in [0.3, 0.4) is 0 Å². The maximum atomic E-state index is 8.91. The summed E-state index contributed by atoms with van der Waals surface area (Å²) in [6.07, 6.45) is 1.79. The van der Waals surface area contributed by atoms with Crippen LogP contribution in [0.25, 0.3) is 0 Å². The minimum atomic E-state index is 0.143. The number of nitrogens with one attached hydrogen (secondary N) is 1. The van der Waals surface area contributed by atoms with Crippen molar-refractivity contribution in [1.29, 1.82) is 0 Å². The molecule has 0 aromatic carbocycles. The molecule has 1 atom stereocenters. The van der Waals surface area contributed by atoms with Crippen molar-refractivity contribution in [2.45, 2.75) is 19.1 Å². The highest BCUT2D eigenvalue weighted by atomic mass is 79.9. The van der Waals surface area contributed by atoms with Crippen molar-refractivity contribution in [3.05, 3.63) is 16.4 Å². The van der Waals surface area contributed by atoms with Gasteiger partial charge in [-0.2, -0.15) is 5.10 Å². The molecule has 1 aliphatic rings. The summed E-state index contributed by atoms with van der Waals surface area (Å²) in [6, 6.07) is 0.143. The third-order valence-corrected chi connectivity index (χ3v) is 2.73. The Labute approximate surface area is 78.7 Å². The summed E-state index contributed by atoms with van der Waals surface area (Å²) in [5, 5.41) is 16.3. The van der Waals surface area contributed by atoms with Gasteiger partial charge in [-0.15, -0.1) is 0 Å². The van der Waals surface area contributed by atoms with Crippen LogP contribution < -0.4 is 5.32 Å². The number of fused-ring (bicyclic) bond motifs is 1. The van der Waals surface area contributed by atoms with Gasteiger partial charge in [-0.3, -0.25) is 4.68 Å². The molecule has 66 valence electrons. The van der Waals surface area contributed by atoms with Crippen molar-refractivity contribution >= 4 is 15.9 Å². The predicted molar refractivity (Wildman–Crippen MR) is 47.6 cm³/mol. The van der Waals surface area contributed by atoms with E-state index in [1.54, 1.807) is 6.20 Å². The molecule has 1 aliphatic heterocycles. The average molecular weight is 232 g/mol. The summed E-state index contributed by atoms with van der Waals surface area (Å²) in [4.78, 5) is 0. The number of aromatic nitrogens is 2. The first-order valence-corrected chi connectivity index (χ1v) is 4.65. The maximum Gasteiger partial charge on any atom is 0.0664 e. The fraction of sp³-hybridized carbons (Fsp3) is 0.571. The quantitative estimate of drug-likeness (QED) is 0.722. The molecule has 1 unspecified atom stereocenters. The molecule has 2 rings (SSSR count). The van der Waals surface area contributed by atoms with Gasteiger partial charge in [0, 0.05) is 6.54 Å². The van der Waals surface area contributed by atoms with Crippen molar-refractivity contribution in [3.8, 4) is 0 Å². The predicted octanol–water partition coefficient (Wildman–Crippen LogP) is 0.110. The Bertz CT molecular complexity index is 286. The Balaban J connectivity index is 2.24. The van der Waals surface area contributed by atoms with E-state index in [9.17, 15) is 0 Å². The fourth-order valence-electron chi connectivity index (χ4n) is 1.36. The van der Waals surface area contributed by atoms with Crippen LogP contribution >= 0.6 is 15.9 Å². The Morgan fingerprint density at radius 3 is 3.42 bits per heavy atom. The van der Waals surface area contributed by atoms with Crippen LogP contribution in [0.2, 0.25) is 0 Å². The van der Waals surface area contributed by atoms with E-state index >= 15 is 0 Å². The third-order valence-electron chi connectivity index (χ3n) is 2.07.